The third-order valence-corrected chi connectivity index (χ3v) is 4.78. The molecule has 0 aromatic heterocycles. The van der Waals surface area contributed by atoms with Crippen molar-refractivity contribution in [2.75, 3.05) is 19.6 Å². The van der Waals surface area contributed by atoms with Crippen LogP contribution < -0.4 is 0 Å². The van der Waals surface area contributed by atoms with E-state index in [2.05, 4.69) is 30.6 Å². The van der Waals surface area contributed by atoms with Gasteiger partial charge < -0.3 is 4.90 Å². The summed E-state index contributed by atoms with van der Waals surface area (Å²) in [5.74, 6) is 0.494. The van der Waals surface area contributed by atoms with Crippen LogP contribution in [0.5, 0.6) is 0 Å². The molecule has 2 fully saturated rings. The maximum Gasteiger partial charge on any atom is 0.225 e. The molecule has 0 unspecified atom stereocenters. The summed E-state index contributed by atoms with van der Waals surface area (Å²) in [7, 11) is 0. The van der Waals surface area contributed by atoms with Crippen LogP contribution in [0.25, 0.3) is 0 Å². The Kier molecular flexibility index (Phi) is 3.48. The minimum absolute atomic E-state index is 0.142. The summed E-state index contributed by atoms with van der Waals surface area (Å²) < 4.78 is 0. The van der Waals surface area contributed by atoms with Crippen LogP contribution in [-0.4, -0.2) is 46.4 Å². The van der Waals surface area contributed by atoms with Crippen LogP contribution in [0.4, 0.5) is 0 Å². The van der Waals surface area contributed by atoms with E-state index >= 15 is 0 Å². The second-order valence-corrected chi connectivity index (χ2v) is 7.28. The average Bonchev–Trinajstić information content (AvgIpc) is 2.26. The van der Waals surface area contributed by atoms with E-state index in [4.69, 9.17) is 0 Å². The molecule has 2 aliphatic heterocycles. The normalized spacial score (nSPS) is 24.4. The topological polar surface area (TPSA) is 23.6 Å². The molecule has 3 heteroatoms. The molecule has 1 amide bonds. The number of piperidine rings is 1. The molecule has 18 heavy (non-hydrogen) atoms. The second-order valence-electron chi connectivity index (χ2n) is 7.28. The van der Waals surface area contributed by atoms with Gasteiger partial charge in [-0.15, -0.1) is 0 Å². The second kappa shape index (κ2) is 4.52. The average molecular weight is 252 g/mol. The van der Waals surface area contributed by atoms with Crippen LogP contribution in [-0.2, 0) is 4.79 Å². The Morgan fingerprint density at radius 2 is 1.56 bits per heavy atom. The Labute approximate surface area is 112 Å². The summed E-state index contributed by atoms with van der Waals surface area (Å²) in [6.45, 7) is 14.1. The molecule has 0 aliphatic carbocycles. The largest absolute Gasteiger partial charge is 0.337 e. The molecule has 0 aromatic carbocycles. The fourth-order valence-electron chi connectivity index (χ4n) is 3.31. The predicted molar refractivity (Wildman–Crippen MR) is 74.5 cm³/mol. The highest BCUT2D eigenvalue weighted by Crippen LogP contribution is 2.41. The molecular formula is C15H28N2O. The van der Waals surface area contributed by atoms with E-state index in [-0.39, 0.29) is 17.0 Å². The number of rotatable bonds is 1. The van der Waals surface area contributed by atoms with Gasteiger partial charge in [-0.05, 0) is 40.0 Å². The maximum absolute atomic E-state index is 12.2. The monoisotopic (exact) mass is 252 g/mol. The van der Waals surface area contributed by atoms with Gasteiger partial charge in [0.05, 0.1) is 0 Å². The van der Waals surface area contributed by atoms with Crippen LogP contribution in [0.3, 0.4) is 0 Å². The number of hydrogen-bond acceptors (Lipinski definition) is 2. The van der Waals surface area contributed by atoms with E-state index in [0.29, 0.717) is 5.91 Å². The summed E-state index contributed by atoms with van der Waals surface area (Å²) in [4.78, 5) is 16.9. The minimum atomic E-state index is 0.142. The first-order valence-corrected chi connectivity index (χ1v) is 7.33. The van der Waals surface area contributed by atoms with Gasteiger partial charge in [-0.25, -0.2) is 0 Å². The van der Waals surface area contributed by atoms with Gasteiger partial charge in [0.2, 0.25) is 5.91 Å². The van der Waals surface area contributed by atoms with Gasteiger partial charge in [0.25, 0.3) is 0 Å². The van der Waals surface area contributed by atoms with Crippen molar-refractivity contribution in [1.29, 1.82) is 0 Å². The third-order valence-electron chi connectivity index (χ3n) is 4.78. The minimum Gasteiger partial charge on any atom is -0.337 e. The van der Waals surface area contributed by atoms with Crippen molar-refractivity contribution in [2.24, 2.45) is 5.92 Å². The quantitative estimate of drug-likeness (QED) is 0.716. The predicted octanol–water partition coefficient (Wildman–Crippen LogP) is 2.51. The van der Waals surface area contributed by atoms with Gasteiger partial charge >= 0.3 is 0 Å². The lowest BCUT2D eigenvalue weighted by Crippen LogP contribution is -2.67. The van der Waals surface area contributed by atoms with Gasteiger partial charge in [-0.3, -0.25) is 9.69 Å². The van der Waals surface area contributed by atoms with Crippen molar-refractivity contribution < 1.29 is 4.79 Å². The molecule has 0 saturated carbocycles. The Morgan fingerprint density at radius 1 is 1.06 bits per heavy atom. The first kappa shape index (κ1) is 13.9. The van der Waals surface area contributed by atoms with Crippen molar-refractivity contribution >= 4 is 5.91 Å². The lowest BCUT2D eigenvalue weighted by molar-refractivity contribution is -0.156. The first-order valence-electron chi connectivity index (χ1n) is 7.33. The van der Waals surface area contributed by atoms with Crippen LogP contribution in [0.2, 0.25) is 0 Å². The lowest BCUT2D eigenvalue weighted by atomic mass is 9.75. The fraction of sp³-hybridized carbons (Fsp3) is 0.933. The van der Waals surface area contributed by atoms with Gasteiger partial charge in [0.1, 0.15) is 0 Å². The summed E-state index contributed by atoms with van der Waals surface area (Å²) in [6, 6.07) is 0. The number of amides is 1. The fourth-order valence-corrected chi connectivity index (χ4v) is 3.31. The van der Waals surface area contributed by atoms with Crippen molar-refractivity contribution in [3.05, 3.63) is 0 Å². The molecule has 0 bridgehead atoms. The molecule has 0 atom stereocenters. The van der Waals surface area contributed by atoms with Gasteiger partial charge in [-0.2, -0.15) is 0 Å². The zero-order valence-electron chi connectivity index (χ0n) is 12.6. The van der Waals surface area contributed by atoms with Crippen LogP contribution in [0.1, 0.15) is 53.9 Å². The molecule has 104 valence electrons. The van der Waals surface area contributed by atoms with Gasteiger partial charge in [0.15, 0.2) is 0 Å². The summed E-state index contributed by atoms with van der Waals surface area (Å²) in [5.41, 5.74) is 0.474. The Bertz CT molecular complexity index is 322. The molecule has 0 radical (unpaired) electrons. The summed E-state index contributed by atoms with van der Waals surface area (Å²) in [5, 5.41) is 0. The number of nitrogens with zero attached hydrogens (tertiary/aromatic N) is 2. The van der Waals surface area contributed by atoms with E-state index in [9.17, 15) is 4.79 Å². The van der Waals surface area contributed by atoms with E-state index in [1.807, 2.05) is 13.8 Å². The Morgan fingerprint density at radius 3 is 1.89 bits per heavy atom. The van der Waals surface area contributed by atoms with E-state index in [0.717, 1.165) is 32.5 Å². The molecule has 0 aromatic rings. The SMILES string of the molecule is CC(C)C(=O)N1CCC12CCN(C(C)(C)C)CC2. The maximum atomic E-state index is 12.2. The van der Waals surface area contributed by atoms with E-state index in [1.54, 1.807) is 0 Å². The number of likely N-dealkylation sites (tertiary alicyclic amines) is 2. The summed E-state index contributed by atoms with van der Waals surface area (Å²) in [6.07, 6.45) is 3.52. The molecular weight excluding hydrogens is 224 g/mol. The third kappa shape index (κ3) is 2.29. The van der Waals surface area contributed by atoms with E-state index in [1.165, 1.54) is 6.42 Å². The van der Waals surface area contributed by atoms with E-state index < -0.39 is 0 Å². The van der Waals surface area contributed by atoms with Crippen molar-refractivity contribution in [1.82, 2.24) is 9.80 Å². The number of carbonyl (C=O) groups excluding carboxylic acids is 1. The van der Waals surface area contributed by atoms with Crippen molar-refractivity contribution in [2.45, 2.75) is 65.0 Å². The molecule has 2 heterocycles. The van der Waals surface area contributed by atoms with Gasteiger partial charge in [-0.1, -0.05) is 13.8 Å². The zero-order chi connectivity index (χ0) is 13.6. The standard InChI is InChI=1S/C15H28N2O/c1-12(2)13(18)17-11-8-15(17)6-9-16(10-7-15)14(3,4)5/h12H,6-11H2,1-5H3. The Hall–Kier alpha value is -0.570. The molecule has 1 spiro atoms. The molecule has 2 rings (SSSR count). The smallest absolute Gasteiger partial charge is 0.225 e. The highest BCUT2D eigenvalue weighted by Gasteiger charge is 2.49. The summed E-state index contributed by atoms with van der Waals surface area (Å²) >= 11 is 0. The lowest BCUT2D eigenvalue weighted by Gasteiger charge is -2.58. The van der Waals surface area contributed by atoms with Crippen molar-refractivity contribution in [3.8, 4) is 0 Å². The van der Waals surface area contributed by atoms with Crippen LogP contribution in [0, 0.1) is 5.92 Å². The number of hydrogen-bond donors (Lipinski definition) is 0. The molecule has 3 nitrogen and oxygen atoms in total. The molecule has 0 N–H and O–H groups in total. The van der Waals surface area contributed by atoms with Gasteiger partial charge in [0, 0.05) is 36.6 Å². The molecule has 2 saturated heterocycles. The van der Waals surface area contributed by atoms with Crippen molar-refractivity contribution in [3.63, 3.8) is 0 Å². The molecule has 2 aliphatic rings. The van der Waals surface area contributed by atoms with Crippen LogP contribution >= 0.6 is 0 Å². The highest BCUT2D eigenvalue weighted by molar-refractivity contribution is 5.80. The first-order chi connectivity index (χ1) is 8.26. The Balaban J connectivity index is 1.98. The highest BCUT2D eigenvalue weighted by atomic mass is 16.2. The zero-order valence-corrected chi connectivity index (χ0v) is 12.6. The number of carbonyl (C=O) groups is 1. The van der Waals surface area contributed by atoms with Crippen LogP contribution in [0.15, 0.2) is 0 Å².